The van der Waals surface area contributed by atoms with Crippen LogP contribution in [0.5, 0.6) is 0 Å². The fraction of sp³-hybridized carbons (Fsp3) is 0.667. The van der Waals surface area contributed by atoms with Gasteiger partial charge in [-0.25, -0.2) is 9.59 Å². The van der Waals surface area contributed by atoms with E-state index >= 15 is 0 Å². The number of carboxylic acid groups (broad SMARTS) is 1. The van der Waals surface area contributed by atoms with Gasteiger partial charge in [0.05, 0.1) is 6.61 Å². The number of aliphatic carboxylic acids is 1. The average Bonchev–Trinajstić information content (AvgIpc) is 2.23. The van der Waals surface area contributed by atoms with E-state index in [4.69, 9.17) is 14.6 Å². The van der Waals surface area contributed by atoms with E-state index in [0.29, 0.717) is 0 Å². The summed E-state index contributed by atoms with van der Waals surface area (Å²) in [5.74, 6) is -1.17. The summed E-state index contributed by atoms with van der Waals surface area (Å²) < 4.78 is 10.0. The highest BCUT2D eigenvalue weighted by molar-refractivity contribution is 5.79. The number of aliphatic hydroxyl groups excluding tert-OH is 1. The van der Waals surface area contributed by atoms with Crippen molar-refractivity contribution in [3.8, 4) is 0 Å². The van der Waals surface area contributed by atoms with Gasteiger partial charge in [0, 0.05) is 19.7 Å². The molecule has 0 bridgehead atoms. The molecule has 0 aliphatic rings. The van der Waals surface area contributed by atoms with E-state index in [0.717, 1.165) is 12.2 Å². The van der Waals surface area contributed by atoms with Crippen LogP contribution in [0, 0.1) is 0 Å². The number of likely N-dealkylation sites (N-methyl/N-ethyl adjacent to an activating group) is 1. The molecule has 0 saturated heterocycles. The van der Waals surface area contributed by atoms with Crippen LogP contribution < -0.4 is 0 Å². The van der Waals surface area contributed by atoms with Gasteiger partial charge in [-0.1, -0.05) is 0 Å². The predicted octanol–water partition coefficient (Wildman–Crippen LogP) is 0.829. The Labute approximate surface area is 112 Å². The normalized spacial score (nSPS) is 13.3. The van der Waals surface area contributed by atoms with Gasteiger partial charge in [0.25, 0.3) is 0 Å². The maximum atomic E-state index is 11.5. The maximum absolute atomic E-state index is 11.5. The Morgan fingerprint density at radius 2 is 1.95 bits per heavy atom. The molecule has 7 nitrogen and oxygen atoms in total. The molecule has 0 fully saturated rings. The van der Waals surface area contributed by atoms with Gasteiger partial charge in [-0.05, 0) is 26.8 Å². The van der Waals surface area contributed by atoms with Crippen molar-refractivity contribution in [1.29, 1.82) is 0 Å². The minimum absolute atomic E-state index is 0.0564. The number of hydrogen-bond acceptors (Lipinski definition) is 5. The summed E-state index contributed by atoms with van der Waals surface area (Å²) in [4.78, 5) is 23.0. The van der Waals surface area contributed by atoms with E-state index in [1.165, 1.54) is 11.9 Å². The highest BCUT2D eigenvalue weighted by Gasteiger charge is 2.19. The zero-order valence-electron chi connectivity index (χ0n) is 11.6. The minimum atomic E-state index is -1.32. The topological polar surface area (TPSA) is 96.3 Å². The standard InChI is InChI=1S/C12H21NO6/c1-12(2,3)19-11(17)13(4)7-8-18-10(16)6-5-9(14)15/h5-6,10,16H,7-8H2,1-4H3,(H,14,15)/b6-5+. The molecule has 0 aliphatic heterocycles. The van der Waals surface area contributed by atoms with Gasteiger partial charge in [0.2, 0.25) is 0 Å². The summed E-state index contributed by atoms with van der Waals surface area (Å²) >= 11 is 0. The van der Waals surface area contributed by atoms with Gasteiger partial charge in [0.15, 0.2) is 6.29 Å². The van der Waals surface area contributed by atoms with Gasteiger partial charge in [-0.3, -0.25) is 0 Å². The van der Waals surface area contributed by atoms with Crippen molar-refractivity contribution in [3.63, 3.8) is 0 Å². The third-order valence-electron chi connectivity index (χ3n) is 1.82. The van der Waals surface area contributed by atoms with Crippen LogP contribution in [0.2, 0.25) is 0 Å². The number of amides is 1. The van der Waals surface area contributed by atoms with Crippen LogP contribution in [0.15, 0.2) is 12.2 Å². The Kier molecular flexibility index (Phi) is 7.10. The third kappa shape index (κ3) is 10.0. The van der Waals surface area contributed by atoms with E-state index in [9.17, 15) is 14.7 Å². The number of carbonyl (C=O) groups excluding carboxylic acids is 1. The largest absolute Gasteiger partial charge is 0.478 e. The summed E-state index contributed by atoms with van der Waals surface area (Å²) in [6, 6.07) is 0. The first-order valence-corrected chi connectivity index (χ1v) is 5.77. The first kappa shape index (κ1) is 17.4. The van der Waals surface area contributed by atoms with Crippen molar-refractivity contribution in [2.75, 3.05) is 20.2 Å². The number of ether oxygens (including phenoxy) is 2. The second-order valence-corrected chi connectivity index (χ2v) is 4.86. The van der Waals surface area contributed by atoms with Crippen LogP contribution in [-0.4, -0.2) is 59.3 Å². The summed E-state index contributed by atoms with van der Waals surface area (Å²) in [7, 11) is 1.54. The Balaban J connectivity index is 3.94. The first-order chi connectivity index (χ1) is 8.61. The highest BCUT2D eigenvalue weighted by atomic mass is 16.6. The number of rotatable bonds is 6. The van der Waals surface area contributed by atoms with Gasteiger partial charge >= 0.3 is 12.1 Å². The average molecular weight is 275 g/mol. The summed E-state index contributed by atoms with van der Waals surface area (Å²) in [6.45, 7) is 5.55. The van der Waals surface area contributed by atoms with E-state index in [-0.39, 0.29) is 13.2 Å². The zero-order valence-corrected chi connectivity index (χ0v) is 11.6. The van der Waals surface area contributed by atoms with E-state index in [1.807, 2.05) is 0 Å². The lowest BCUT2D eigenvalue weighted by Gasteiger charge is -2.24. The van der Waals surface area contributed by atoms with Gasteiger partial charge in [-0.15, -0.1) is 0 Å². The molecule has 110 valence electrons. The molecule has 0 aromatic carbocycles. The quantitative estimate of drug-likeness (QED) is 0.550. The molecular formula is C12H21NO6. The molecule has 0 spiro atoms. The summed E-state index contributed by atoms with van der Waals surface area (Å²) in [5.41, 5.74) is -0.573. The van der Waals surface area contributed by atoms with Crippen molar-refractivity contribution in [1.82, 2.24) is 4.90 Å². The van der Waals surface area contributed by atoms with Crippen molar-refractivity contribution in [2.45, 2.75) is 32.7 Å². The van der Waals surface area contributed by atoms with Gasteiger partial charge in [0.1, 0.15) is 5.60 Å². The summed E-state index contributed by atoms with van der Waals surface area (Å²) in [6.07, 6.45) is -0.0345. The molecule has 1 atom stereocenters. The molecule has 0 saturated carbocycles. The molecule has 1 amide bonds. The molecule has 0 radical (unpaired) electrons. The fourth-order valence-corrected chi connectivity index (χ4v) is 0.962. The SMILES string of the molecule is CN(CCOC(O)/C=C/C(=O)O)C(=O)OC(C)(C)C. The molecule has 19 heavy (non-hydrogen) atoms. The van der Waals surface area contributed by atoms with E-state index < -0.39 is 24.0 Å². The lowest BCUT2D eigenvalue weighted by Crippen LogP contribution is -2.36. The Morgan fingerprint density at radius 3 is 2.42 bits per heavy atom. The number of nitrogens with zero attached hydrogens (tertiary/aromatic N) is 1. The third-order valence-corrected chi connectivity index (χ3v) is 1.82. The molecular weight excluding hydrogens is 254 g/mol. The van der Waals surface area contributed by atoms with Crippen LogP contribution in [0.1, 0.15) is 20.8 Å². The molecule has 1 unspecified atom stereocenters. The van der Waals surface area contributed by atoms with Crippen molar-refractivity contribution >= 4 is 12.1 Å². The van der Waals surface area contributed by atoms with Crippen LogP contribution in [0.3, 0.4) is 0 Å². The Morgan fingerprint density at radius 1 is 1.37 bits per heavy atom. The first-order valence-electron chi connectivity index (χ1n) is 5.77. The Hall–Kier alpha value is -1.60. The molecule has 2 N–H and O–H groups in total. The Bertz CT molecular complexity index is 334. The van der Waals surface area contributed by atoms with Crippen molar-refractivity contribution in [3.05, 3.63) is 12.2 Å². The lowest BCUT2D eigenvalue weighted by molar-refractivity contribution is -0.131. The second kappa shape index (κ2) is 7.75. The van der Waals surface area contributed by atoms with Crippen LogP contribution >= 0.6 is 0 Å². The number of aliphatic hydroxyl groups is 1. The number of carboxylic acids is 1. The number of carbonyl (C=O) groups is 2. The highest BCUT2D eigenvalue weighted by Crippen LogP contribution is 2.08. The molecule has 0 heterocycles. The number of hydrogen-bond donors (Lipinski definition) is 2. The van der Waals surface area contributed by atoms with Crippen LogP contribution in [-0.2, 0) is 14.3 Å². The van der Waals surface area contributed by atoms with Crippen LogP contribution in [0.25, 0.3) is 0 Å². The molecule has 0 aliphatic carbocycles. The zero-order chi connectivity index (χ0) is 15.1. The molecule has 0 aromatic rings. The summed E-state index contributed by atoms with van der Waals surface area (Å²) in [5, 5.41) is 17.6. The van der Waals surface area contributed by atoms with E-state index in [1.54, 1.807) is 20.8 Å². The smallest absolute Gasteiger partial charge is 0.410 e. The monoisotopic (exact) mass is 275 g/mol. The van der Waals surface area contributed by atoms with Gasteiger partial charge in [-0.2, -0.15) is 0 Å². The van der Waals surface area contributed by atoms with Crippen molar-refractivity contribution < 1.29 is 29.3 Å². The second-order valence-electron chi connectivity index (χ2n) is 4.86. The molecule has 0 aromatic heterocycles. The van der Waals surface area contributed by atoms with Crippen molar-refractivity contribution in [2.24, 2.45) is 0 Å². The minimum Gasteiger partial charge on any atom is -0.478 e. The molecule has 0 rings (SSSR count). The fourth-order valence-electron chi connectivity index (χ4n) is 0.962. The maximum Gasteiger partial charge on any atom is 0.410 e. The van der Waals surface area contributed by atoms with Crippen LogP contribution in [0.4, 0.5) is 4.79 Å². The van der Waals surface area contributed by atoms with E-state index in [2.05, 4.69) is 0 Å². The molecule has 7 heteroatoms. The van der Waals surface area contributed by atoms with Gasteiger partial charge < -0.3 is 24.6 Å². The lowest BCUT2D eigenvalue weighted by atomic mass is 10.2. The predicted molar refractivity (Wildman–Crippen MR) is 67.6 cm³/mol.